The van der Waals surface area contributed by atoms with Gasteiger partial charge in [-0.2, -0.15) is 0 Å². The molecule has 0 heterocycles. The highest BCUT2D eigenvalue weighted by molar-refractivity contribution is 5.14. The van der Waals surface area contributed by atoms with Crippen LogP contribution in [0.25, 0.3) is 0 Å². The van der Waals surface area contributed by atoms with Crippen LogP contribution in [0.4, 0.5) is 0 Å². The van der Waals surface area contributed by atoms with E-state index < -0.39 is 0 Å². The summed E-state index contributed by atoms with van der Waals surface area (Å²) in [4.78, 5) is 0. The van der Waals surface area contributed by atoms with Gasteiger partial charge in [-0.25, -0.2) is 0 Å². The van der Waals surface area contributed by atoms with Gasteiger partial charge in [0.2, 0.25) is 0 Å². The maximum Gasteiger partial charge on any atom is -0.0276 e. The Morgan fingerprint density at radius 1 is 0.667 bits per heavy atom. The lowest BCUT2D eigenvalue weighted by Crippen LogP contribution is -1.78. The SMILES string of the molecule is [C]1=C/C=C/C=C/C=C\CCCCCCC\1. The molecule has 0 N–H and O–H groups in total. The molecule has 0 heteroatoms. The first-order valence-electron chi connectivity index (χ1n) is 6.05. The highest BCUT2D eigenvalue weighted by Gasteiger charge is 1.88. The van der Waals surface area contributed by atoms with Crippen LogP contribution >= 0.6 is 0 Å². The second kappa shape index (κ2) is 9.51. The molecule has 1 rings (SSSR count). The molecule has 0 nitrogen and oxygen atoms in total. The predicted octanol–water partition coefficient (Wildman–Crippen LogP) is 4.76. The first-order valence-corrected chi connectivity index (χ1v) is 6.05. The Kier molecular flexibility index (Phi) is 7.63. The Hall–Kier alpha value is -1.04. The summed E-state index contributed by atoms with van der Waals surface area (Å²) in [5.74, 6) is 0. The van der Waals surface area contributed by atoms with Crippen LogP contribution in [0.2, 0.25) is 0 Å². The average molecular weight is 201 g/mol. The molecule has 0 atom stereocenters. The second-order valence-electron chi connectivity index (χ2n) is 3.88. The summed E-state index contributed by atoms with van der Waals surface area (Å²) in [6.45, 7) is 0. The summed E-state index contributed by atoms with van der Waals surface area (Å²) in [5.41, 5.74) is 0. The van der Waals surface area contributed by atoms with Gasteiger partial charge in [0, 0.05) is 0 Å². The molecule has 1 aliphatic carbocycles. The lowest BCUT2D eigenvalue weighted by Gasteiger charge is -1.97. The first-order chi connectivity index (χ1) is 7.50. The second-order valence-corrected chi connectivity index (χ2v) is 3.88. The van der Waals surface area contributed by atoms with E-state index in [1.165, 1.54) is 38.5 Å². The van der Waals surface area contributed by atoms with Gasteiger partial charge in [0.25, 0.3) is 0 Å². The summed E-state index contributed by atoms with van der Waals surface area (Å²) < 4.78 is 0. The quantitative estimate of drug-likeness (QED) is 0.530. The van der Waals surface area contributed by atoms with Crippen LogP contribution in [0.15, 0.2) is 42.5 Å². The molecule has 0 aromatic carbocycles. The van der Waals surface area contributed by atoms with Crippen LogP contribution in [0.1, 0.15) is 44.9 Å². The van der Waals surface area contributed by atoms with Crippen molar-refractivity contribution in [2.45, 2.75) is 44.9 Å². The maximum atomic E-state index is 3.29. The standard InChI is InChI=1S/C15H21/c1-2-4-6-8-10-12-14-15-13-11-9-7-5-3-1/h1-7H,8,10-15H2/b2-1+,5-3+,6-4-,9-7?. The molecule has 0 aliphatic heterocycles. The van der Waals surface area contributed by atoms with Gasteiger partial charge in [0.05, 0.1) is 0 Å². The Morgan fingerprint density at radius 3 is 2.40 bits per heavy atom. The zero-order valence-electron chi connectivity index (χ0n) is 9.49. The molecule has 0 bridgehead atoms. The minimum absolute atomic E-state index is 1.10. The average Bonchev–Trinajstić information content (AvgIpc) is 2.27. The number of allylic oxidation sites excluding steroid dienone is 8. The molecule has 0 amide bonds. The van der Waals surface area contributed by atoms with E-state index in [1.807, 2.05) is 12.2 Å². The molecule has 15 heavy (non-hydrogen) atoms. The summed E-state index contributed by atoms with van der Waals surface area (Å²) in [5, 5.41) is 0. The van der Waals surface area contributed by atoms with Gasteiger partial charge in [0.1, 0.15) is 0 Å². The van der Waals surface area contributed by atoms with Gasteiger partial charge in [-0.3, -0.25) is 0 Å². The number of hydrogen-bond donors (Lipinski definition) is 0. The Morgan fingerprint density at radius 2 is 1.40 bits per heavy atom. The van der Waals surface area contributed by atoms with Crippen LogP contribution in [0.5, 0.6) is 0 Å². The van der Waals surface area contributed by atoms with Crippen molar-refractivity contribution in [3.63, 3.8) is 0 Å². The smallest absolute Gasteiger partial charge is 0.0276 e. The molecule has 0 aromatic heterocycles. The van der Waals surface area contributed by atoms with E-state index in [-0.39, 0.29) is 0 Å². The van der Waals surface area contributed by atoms with Crippen molar-refractivity contribution in [1.82, 2.24) is 0 Å². The summed E-state index contributed by atoms with van der Waals surface area (Å²) in [6, 6.07) is 0. The van der Waals surface area contributed by atoms with Gasteiger partial charge in [0.15, 0.2) is 0 Å². The predicted molar refractivity (Wildman–Crippen MR) is 67.6 cm³/mol. The zero-order valence-corrected chi connectivity index (χ0v) is 9.49. The molecule has 0 fully saturated rings. The van der Waals surface area contributed by atoms with Crippen molar-refractivity contribution < 1.29 is 0 Å². The summed E-state index contributed by atoms with van der Waals surface area (Å²) in [7, 11) is 0. The third kappa shape index (κ3) is 7.99. The lowest BCUT2D eigenvalue weighted by atomic mass is 10.1. The molecule has 81 valence electrons. The van der Waals surface area contributed by atoms with Gasteiger partial charge in [-0.15, -0.1) is 0 Å². The largest absolute Gasteiger partial charge is 0.0845 e. The van der Waals surface area contributed by atoms with E-state index in [0.717, 1.165) is 6.42 Å². The van der Waals surface area contributed by atoms with E-state index in [0.29, 0.717) is 0 Å². The third-order valence-corrected chi connectivity index (χ3v) is 2.49. The van der Waals surface area contributed by atoms with Crippen molar-refractivity contribution in [3.8, 4) is 0 Å². The fourth-order valence-corrected chi connectivity index (χ4v) is 1.59. The van der Waals surface area contributed by atoms with Crippen molar-refractivity contribution in [2.24, 2.45) is 0 Å². The van der Waals surface area contributed by atoms with E-state index >= 15 is 0 Å². The first kappa shape index (κ1) is 12.0. The minimum Gasteiger partial charge on any atom is -0.0845 e. The molecular formula is C15H21. The lowest BCUT2D eigenvalue weighted by molar-refractivity contribution is 0.619. The molecule has 0 aromatic rings. The Balaban J connectivity index is 2.34. The monoisotopic (exact) mass is 201 g/mol. The molecule has 0 unspecified atom stereocenters. The fourth-order valence-electron chi connectivity index (χ4n) is 1.59. The number of hydrogen-bond acceptors (Lipinski definition) is 0. The molecular weight excluding hydrogens is 180 g/mol. The Labute approximate surface area is 94.1 Å². The van der Waals surface area contributed by atoms with Gasteiger partial charge in [-0.1, -0.05) is 61.8 Å². The van der Waals surface area contributed by atoms with Crippen LogP contribution in [0.3, 0.4) is 0 Å². The minimum atomic E-state index is 1.10. The zero-order chi connectivity index (χ0) is 10.6. The Bertz CT molecular complexity index is 215. The number of rotatable bonds is 0. The van der Waals surface area contributed by atoms with Gasteiger partial charge in [-0.05, 0) is 31.8 Å². The van der Waals surface area contributed by atoms with Crippen molar-refractivity contribution >= 4 is 0 Å². The normalized spacial score (nSPS) is 28.3. The van der Waals surface area contributed by atoms with Crippen molar-refractivity contribution in [2.75, 3.05) is 0 Å². The third-order valence-electron chi connectivity index (χ3n) is 2.49. The fraction of sp³-hybridized carbons (Fsp3) is 0.467. The van der Waals surface area contributed by atoms with Gasteiger partial charge >= 0.3 is 0 Å². The molecule has 0 saturated heterocycles. The van der Waals surface area contributed by atoms with Gasteiger partial charge < -0.3 is 0 Å². The highest BCUT2D eigenvalue weighted by Crippen LogP contribution is 2.08. The molecule has 0 spiro atoms. The van der Waals surface area contributed by atoms with E-state index in [4.69, 9.17) is 0 Å². The van der Waals surface area contributed by atoms with E-state index in [2.05, 4.69) is 36.5 Å². The van der Waals surface area contributed by atoms with Crippen LogP contribution in [-0.4, -0.2) is 0 Å². The summed E-state index contributed by atoms with van der Waals surface area (Å²) >= 11 is 0. The van der Waals surface area contributed by atoms with E-state index in [1.54, 1.807) is 0 Å². The van der Waals surface area contributed by atoms with Crippen LogP contribution in [-0.2, 0) is 0 Å². The highest BCUT2D eigenvalue weighted by atomic mass is 13.9. The van der Waals surface area contributed by atoms with Crippen molar-refractivity contribution in [1.29, 1.82) is 0 Å². The van der Waals surface area contributed by atoms with Crippen LogP contribution < -0.4 is 0 Å². The maximum absolute atomic E-state index is 3.29. The van der Waals surface area contributed by atoms with Crippen molar-refractivity contribution in [3.05, 3.63) is 48.6 Å². The topological polar surface area (TPSA) is 0 Å². The molecule has 1 radical (unpaired) electrons. The molecule has 1 aliphatic rings. The summed E-state index contributed by atoms with van der Waals surface area (Å²) in [6.07, 6.45) is 27.0. The van der Waals surface area contributed by atoms with Crippen LogP contribution in [0, 0.1) is 6.08 Å². The molecule has 0 saturated carbocycles. The van der Waals surface area contributed by atoms with E-state index in [9.17, 15) is 0 Å².